The topological polar surface area (TPSA) is 82.7 Å². The summed E-state index contributed by atoms with van der Waals surface area (Å²) >= 11 is 6.07. The van der Waals surface area contributed by atoms with Gasteiger partial charge in [0.15, 0.2) is 0 Å². The Kier molecular flexibility index (Phi) is 3.48. The monoisotopic (exact) mass is 327 g/mol. The summed E-state index contributed by atoms with van der Waals surface area (Å²) in [5, 5.41) is 14.2. The number of fused-ring (bicyclic) bond motifs is 2. The second-order valence-electron chi connectivity index (χ2n) is 5.50. The summed E-state index contributed by atoms with van der Waals surface area (Å²) < 4.78 is 0. The molecule has 0 aliphatic carbocycles. The molecule has 7 heteroatoms. The van der Waals surface area contributed by atoms with Crippen molar-refractivity contribution in [3.8, 4) is 0 Å². The third-order valence-corrected chi connectivity index (χ3v) is 4.16. The van der Waals surface area contributed by atoms with E-state index >= 15 is 0 Å². The molecule has 23 heavy (non-hydrogen) atoms. The third kappa shape index (κ3) is 2.67. The number of benzene rings is 1. The Labute approximate surface area is 137 Å². The van der Waals surface area contributed by atoms with E-state index in [1.807, 2.05) is 6.07 Å². The largest absolute Gasteiger partial charge is 0.321 e. The molecule has 0 atom stereocenters. The van der Waals surface area contributed by atoms with Crippen molar-refractivity contribution in [2.75, 3.05) is 11.9 Å². The van der Waals surface area contributed by atoms with E-state index in [9.17, 15) is 4.79 Å². The number of H-pyrrole nitrogens is 1. The summed E-state index contributed by atoms with van der Waals surface area (Å²) in [7, 11) is 0. The third-order valence-electron chi connectivity index (χ3n) is 3.94. The van der Waals surface area contributed by atoms with Gasteiger partial charge in [-0.15, -0.1) is 0 Å². The van der Waals surface area contributed by atoms with Crippen LogP contribution in [0.2, 0.25) is 5.02 Å². The number of hydrogen-bond acceptors (Lipinski definition) is 4. The molecule has 0 spiro atoms. The summed E-state index contributed by atoms with van der Waals surface area (Å²) in [6.45, 7) is 1.71. The first-order chi connectivity index (χ1) is 11.2. The number of pyridine rings is 1. The predicted octanol–water partition coefficient (Wildman–Crippen LogP) is 2.51. The molecule has 0 saturated heterocycles. The fourth-order valence-electron chi connectivity index (χ4n) is 2.82. The van der Waals surface area contributed by atoms with Crippen LogP contribution < -0.4 is 10.6 Å². The highest BCUT2D eigenvalue weighted by Gasteiger charge is 2.15. The molecule has 1 aromatic carbocycles. The molecule has 4 rings (SSSR count). The summed E-state index contributed by atoms with van der Waals surface area (Å²) in [6, 6.07) is 5.35. The smallest absolute Gasteiger partial charge is 0.256 e. The van der Waals surface area contributed by atoms with Crippen molar-refractivity contribution in [1.29, 1.82) is 0 Å². The molecule has 0 unspecified atom stereocenters. The molecule has 0 saturated carbocycles. The number of hydrogen-bond donors (Lipinski definition) is 3. The Bertz CT molecular complexity index is 905. The van der Waals surface area contributed by atoms with Gasteiger partial charge in [0.05, 0.1) is 29.2 Å². The normalized spacial score (nSPS) is 13.8. The van der Waals surface area contributed by atoms with Crippen molar-refractivity contribution in [3.63, 3.8) is 0 Å². The maximum atomic E-state index is 12.6. The molecule has 3 N–H and O–H groups in total. The van der Waals surface area contributed by atoms with Gasteiger partial charge in [0.1, 0.15) is 0 Å². The lowest BCUT2D eigenvalue weighted by atomic mass is 10.1. The van der Waals surface area contributed by atoms with Crippen LogP contribution in [0.1, 0.15) is 21.6 Å². The van der Waals surface area contributed by atoms with Gasteiger partial charge in [-0.25, -0.2) is 0 Å². The van der Waals surface area contributed by atoms with Crippen LogP contribution in [-0.2, 0) is 13.0 Å². The first-order valence-electron chi connectivity index (χ1n) is 7.33. The zero-order chi connectivity index (χ0) is 15.8. The Morgan fingerprint density at radius 2 is 2.17 bits per heavy atom. The Hall–Kier alpha value is -2.44. The van der Waals surface area contributed by atoms with E-state index in [2.05, 4.69) is 25.8 Å². The van der Waals surface area contributed by atoms with Gasteiger partial charge in [-0.05, 0) is 23.8 Å². The van der Waals surface area contributed by atoms with E-state index in [4.69, 9.17) is 11.6 Å². The van der Waals surface area contributed by atoms with Gasteiger partial charge in [0.25, 0.3) is 5.91 Å². The minimum absolute atomic E-state index is 0.232. The lowest BCUT2D eigenvalue weighted by Crippen LogP contribution is -2.24. The Balaban J connectivity index is 1.65. The molecule has 3 heterocycles. The lowest BCUT2D eigenvalue weighted by Gasteiger charge is -2.17. The molecule has 6 nitrogen and oxygen atoms in total. The number of carbonyl (C=O) groups excluding carboxylic acids is 1. The number of aromatic nitrogens is 3. The molecule has 3 aromatic rings. The van der Waals surface area contributed by atoms with Crippen molar-refractivity contribution in [2.45, 2.75) is 13.0 Å². The van der Waals surface area contributed by atoms with Gasteiger partial charge in [-0.3, -0.25) is 14.9 Å². The fraction of sp³-hybridized carbons (Fsp3) is 0.188. The molecule has 0 radical (unpaired) electrons. The number of amides is 1. The Morgan fingerprint density at radius 1 is 1.26 bits per heavy atom. The Morgan fingerprint density at radius 3 is 3.09 bits per heavy atom. The van der Waals surface area contributed by atoms with E-state index in [0.29, 0.717) is 16.3 Å². The quantitative estimate of drug-likeness (QED) is 0.675. The van der Waals surface area contributed by atoms with Crippen LogP contribution in [0.3, 0.4) is 0 Å². The molecule has 1 amide bonds. The summed E-state index contributed by atoms with van der Waals surface area (Å²) in [5.74, 6) is -0.232. The van der Waals surface area contributed by atoms with E-state index < -0.39 is 0 Å². The maximum Gasteiger partial charge on any atom is 0.256 e. The minimum atomic E-state index is -0.232. The summed E-state index contributed by atoms with van der Waals surface area (Å²) in [5.41, 5.74) is 4.09. The first-order valence-corrected chi connectivity index (χ1v) is 7.71. The average molecular weight is 328 g/mol. The number of anilines is 1. The van der Waals surface area contributed by atoms with Crippen LogP contribution in [0.15, 0.2) is 30.6 Å². The number of carbonyl (C=O) groups is 1. The molecule has 1 aliphatic rings. The van der Waals surface area contributed by atoms with E-state index in [1.165, 1.54) is 0 Å². The second kappa shape index (κ2) is 5.64. The molecule has 2 aromatic heterocycles. The molecule has 0 fully saturated rings. The summed E-state index contributed by atoms with van der Waals surface area (Å²) in [4.78, 5) is 17.0. The second-order valence-corrected chi connectivity index (χ2v) is 5.93. The minimum Gasteiger partial charge on any atom is -0.321 e. The SMILES string of the molecule is O=C(Nc1cnc2c(c1)CNCC2)c1cc(Cl)cc2[nH]ncc12. The molecule has 116 valence electrons. The zero-order valence-electron chi connectivity index (χ0n) is 12.2. The van der Waals surface area contributed by atoms with E-state index in [1.54, 1.807) is 24.5 Å². The van der Waals surface area contributed by atoms with Crippen LogP contribution in [0, 0.1) is 0 Å². The fourth-order valence-corrected chi connectivity index (χ4v) is 3.04. The molecule has 0 bridgehead atoms. The van der Waals surface area contributed by atoms with Crippen LogP contribution in [0.4, 0.5) is 5.69 Å². The number of aromatic amines is 1. The highest BCUT2D eigenvalue weighted by molar-refractivity contribution is 6.32. The van der Waals surface area contributed by atoms with Gasteiger partial charge in [0.2, 0.25) is 0 Å². The predicted molar refractivity (Wildman–Crippen MR) is 88.7 cm³/mol. The standard InChI is InChI=1S/C16H14ClN5O/c17-10-4-12(13-8-20-22-15(13)5-10)16(23)21-11-3-9-6-18-2-1-14(9)19-7-11/h3-5,7-8,18H,1-2,6H2,(H,20,22)(H,21,23). The van der Waals surface area contributed by atoms with Gasteiger partial charge in [0, 0.05) is 35.6 Å². The van der Waals surface area contributed by atoms with Gasteiger partial charge in [-0.1, -0.05) is 11.6 Å². The molecular formula is C16H14ClN5O. The highest BCUT2D eigenvalue weighted by atomic mass is 35.5. The number of nitrogens with one attached hydrogen (secondary N) is 3. The van der Waals surface area contributed by atoms with Crippen molar-refractivity contribution >= 4 is 34.1 Å². The van der Waals surface area contributed by atoms with Gasteiger partial charge < -0.3 is 10.6 Å². The summed E-state index contributed by atoms with van der Waals surface area (Å²) in [6.07, 6.45) is 4.22. The van der Waals surface area contributed by atoms with Crippen molar-refractivity contribution < 1.29 is 4.79 Å². The van der Waals surface area contributed by atoms with Crippen LogP contribution in [0.5, 0.6) is 0 Å². The number of halogens is 1. The lowest BCUT2D eigenvalue weighted by molar-refractivity contribution is 0.102. The highest BCUT2D eigenvalue weighted by Crippen LogP contribution is 2.24. The van der Waals surface area contributed by atoms with Crippen LogP contribution >= 0.6 is 11.6 Å². The number of rotatable bonds is 2. The van der Waals surface area contributed by atoms with Crippen molar-refractivity contribution in [3.05, 3.63) is 52.4 Å². The average Bonchev–Trinajstić information content (AvgIpc) is 3.02. The molecule has 1 aliphatic heterocycles. The van der Waals surface area contributed by atoms with Crippen LogP contribution in [0.25, 0.3) is 10.9 Å². The maximum absolute atomic E-state index is 12.6. The zero-order valence-corrected chi connectivity index (χ0v) is 12.9. The van der Waals surface area contributed by atoms with Crippen LogP contribution in [-0.4, -0.2) is 27.6 Å². The number of nitrogens with zero attached hydrogens (tertiary/aromatic N) is 2. The van der Waals surface area contributed by atoms with Gasteiger partial charge in [-0.2, -0.15) is 5.10 Å². The van der Waals surface area contributed by atoms with Crippen molar-refractivity contribution in [1.82, 2.24) is 20.5 Å². The van der Waals surface area contributed by atoms with Crippen molar-refractivity contribution in [2.24, 2.45) is 0 Å². The van der Waals surface area contributed by atoms with E-state index in [0.717, 1.165) is 41.7 Å². The van der Waals surface area contributed by atoms with E-state index in [-0.39, 0.29) is 5.91 Å². The molecular weight excluding hydrogens is 314 g/mol. The first kappa shape index (κ1) is 14.2. The van der Waals surface area contributed by atoms with Gasteiger partial charge >= 0.3 is 0 Å².